The number of carbonyl (C=O) groups excluding carboxylic acids is 1. The number of carboxylic acids is 1. The van der Waals surface area contributed by atoms with Gasteiger partial charge in [0.15, 0.2) is 11.0 Å². The van der Waals surface area contributed by atoms with Crippen LogP contribution in [-0.2, 0) is 17.9 Å². The number of ether oxygens (including phenoxy) is 1. The van der Waals surface area contributed by atoms with E-state index >= 15 is 0 Å². The summed E-state index contributed by atoms with van der Waals surface area (Å²) in [5.41, 5.74) is 2.85. The zero-order chi connectivity index (χ0) is 20.1. The van der Waals surface area contributed by atoms with Crippen LogP contribution in [0.15, 0.2) is 29.4 Å². The van der Waals surface area contributed by atoms with Crippen molar-refractivity contribution in [2.45, 2.75) is 51.9 Å². The Hall–Kier alpha value is -1.99. The molecule has 0 aliphatic rings. The Labute approximate surface area is 168 Å². The van der Waals surface area contributed by atoms with Crippen LogP contribution in [0.1, 0.15) is 43.6 Å². The second kappa shape index (κ2) is 9.28. The van der Waals surface area contributed by atoms with E-state index in [2.05, 4.69) is 30.6 Å². The first-order valence-electron chi connectivity index (χ1n) is 8.51. The summed E-state index contributed by atoms with van der Waals surface area (Å²) in [6, 6.07) is 3.85. The van der Waals surface area contributed by atoms with Crippen molar-refractivity contribution in [1.29, 1.82) is 0 Å². The van der Waals surface area contributed by atoms with Crippen LogP contribution in [-0.4, -0.2) is 26.5 Å². The summed E-state index contributed by atoms with van der Waals surface area (Å²) in [7, 11) is 0. The standard InChI is InChI=1S/C19H24ClN3O3S/c1-11(2)8-23-17(21-22-19(23)27-10-18(24)25)9-26-16-6-13(5)15(20)7-14(16)12(3)4/h6-7,12H,1,8-10H2,2-5H3,(H,24,25)/p-1. The first kappa shape index (κ1) is 21.3. The predicted octanol–water partition coefficient (Wildman–Crippen LogP) is 3.36. The highest BCUT2D eigenvalue weighted by atomic mass is 35.5. The highest BCUT2D eigenvalue weighted by Crippen LogP contribution is 2.32. The minimum atomic E-state index is -1.15. The van der Waals surface area contributed by atoms with Gasteiger partial charge >= 0.3 is 0 Å². The summed E-state index contributed by atoms with van der Waals surface area (Å²) >= 11 is 7.31. The van der Waals surface area contributed by atoms with E-state index in [0.717, 1.165) is 34.2 Å². The van der Waals surface area contributed by atoms with Crippen LogP contribution < -0.4 is 9.84 Å². The molecule has 27 heavy (non-hydrogen) atoms. The van der Waals surface area contributed by atoms with Crippen molar-refractivity contribution < 1.29 is 14.6 Å². The van der Waals surface area contributed by atoms with Gasteiger partial charge in [0.1, 0.15) is 12.4 Å². The van der Waals surface area contributed by atoms with Gasteiger partial charge in [0.2, 0.25) is 0 Å². The summed E-state index contributed by atoms with van der Waals surface area (Å²) in [6.07, 6.45) is 0. The smallest absolute Gasteiger partial charge is 0.191 e. The van der Waals surface area contributed by atoms with Crippen molar-refractivity contribution in [1.82, 2.24) is 14.8 Å². The van der Waals surface area contributed by atoms with Crippen molar-refractivity contribution in [2.24, 2.45) is 0 Å². The highest BCUT2D eigenvalue weighted by Gasteiger charge is 2.16. The quantitative estimate of drug-likeness (QED) is 0.467. The molecule has 2 rings (SSSR count). The van der Waals surface area contributed by atoms with E-state index < -0.39 is 5.97 Å². The number of hydrogen-bond donors (Lipinski definition) is 0. The molecule has 0 N–H and O–H groups in total. The molecule has 0 aliphatic carbocycles. The van der Waals surface area contributed by atoms with Gasteiger partial charge in [-0.1, -0.05) is 49.4 Å². The molecule has 1 aromatic carbocycles. The number of nitrogens with zero attached hydrogens (tertiary/aromatic N) is 3. The number of carbonyl (C=O) groups is 1. The molecule has 0 saturated carbocycles. The zero-order valence-corrected chi connectivity index (χ0v) is 17.5. The Morgan fingerprint density at radius 1 is 1.41 bits per heavy atom. The monoisotopic (exact) mass is 408 g/mol. The number of aliphatic carboxylic acids is 1. The van der Waals surface area contributed by atoms with Crippen molar-refractivity contribution in [3.8, 4) is 5.75 Å². The Kier molecular flexibility index (Phi) is 7.33. The average Bonchev–Trinajstić information content (AvgIpc) is 2.94. The van der Waals surface area contributed by atoms with Gasteiger partial charge in [-0.2, -0.15) is 0 Å². The number of halogens is 1. The SMILES string of the molecule is C=C(C)Cn1c(COc2cc(C)c(Cl)cc2C(C)C)nnc1SCC(=O)[O-]. The van der Waals surface area contributed by atoms with Crippen molar-refractivity contribution in [2.75, 3.05) is 5.75 Å². The fourth-order valence-corrected chi connectivity index (χ4v) is 3.32. The number of allylic oxidation sites excluding steroid dienone is 1. The molecule has 0 aliphatic heterocycles. The van der Waals surface area contributed by atoms with Crippen molar-refractivity contribution in [3.05, 3.63) is 46.3 Å². The van der Waals surface area contributed by atoms with E-state index in [-0.39, 0.29) is 18.3 Å². The molecule has 1 heterocycles. The summed E-state index contributed by atoms with van der Waals surface area (Å²) in [5, 5.41) is 20.2. The second-order valence-corrected chi connectivity index (χ2v) is 8.04. The van der Waals surface area contributed by atoms with Crippen LogP contribution in [0.5, 0.6) is 5.75 Å². The predicted molar refractivity (Wildman–Crippen MR) is 105 cm³/mol. The normalized spacial score (nSPS) is 11.0. The van der Waals surface area contributed by atoms with Gasteiger partial charge in [-0.25, -0.2) is 0 Å². The lowest BCUT2D eigenvalue weighted by Gasteiger charge is -2.16. The summed E-state index contributed by atoms with van der Waals surface area (Å²) in [5.74, 6) is 0.256. The van der Waals surface area contributed by atoms with Crippen LogP contribution >= 0.6 is 23.4 Å². The molecule has 0 unspecified atom stereocenters. The number of benzene rings is 1. The second-order valence-electron chi connectivity index (χ2n) is 6.69. The molecule has 2 aromatic rings. The van der Waals surface area contributed by atoms with Crippen molar-refractivity contribution >= 4 is 29.3 Å². The van der Waals surface area contributed by atoms with E-state index in [1.165, 1.54) is 0 Å². The fourth-order valence-electron chi connectivity index (χ4n) is 2.47. The lowest BCUT2D eigenvalue weighted by Crippen LogP contribution is -2.24. The van der Waals surface area contributed by atoms with Gasteiger partial charge in [-0.3, -0.25) is 4.57 Å². The number of carboxylic acid groups (broad SMARTS) is 1. The fraction of sp³-hybridized carbons (Fsp3) is 0.421. The van der Waals surface area contributed by atoms with Gasteiger partial charge in [-0.15, -0.1) is 10.2 Å². The lowest BCUT2D eigenvalue weighted by atomic mass is 10.0. The molecule has 6 nitrogen and oxygen atoms in total. The minimum Gasteiger partial charge on any atom is -0.549 e. The molecular formula is C19H23ClN3O3S-. The lowest BCUT2D eigenvalue weighted by molar-refractivity contribution is -0.301. The number of aryl methyl sites for hydroxylation is 1. The highest BCUT2D eigenvalue weighted by molar-refractivity contribution is 7.99. The molecule has 0 radical (unpaired) electrons. The van der Waals surface area contributed by atoms with Gasteiger partial charge < -0.3 is 14.6 Å². The molecule has 1 aromatic heterocycles. The van der Waals surface area contributed by atoms with E-state index in [1.54, 1.807) is 0 Å². The van der Waals surface area contributed by atoms with E-state index in [9.17, 15) is 9.90 Å². The maximum Gasteiger partial charge on any atom is 0.191 e. The zero-order valence-electron chi connectivity index (χ0n) is 15.9. The molecule has 0 spiro atoms. The van der Waals surface area contributed by atoms with Gasteiger partial charge in [0.05, 0.1) is 5.97 Å². The Balaban J connectivity index is 2.26. The van der Waals surface area contributed by atoms with E-state index in [4.69, 9.17) is 16.3 Å². The minimum absolute atomic E-state index is 0.191. The maximum atomic E-state index is 10.7. The number of rotatable bonds is 9. The van der Waals surface area contributed by atoms with Crippen LogP contribution in [0.25, 0.3) is 0 Å². The van der Waals surface area contributed by atoms with E-state index in [1.807, 2.05) is 30.5 Å². The maximum absolute atomic E-state index is 10.7. The van der Waals surface area contributed by atoms with Gasteiger partial charge in [0, 0.05) is 17.3 Å². The summed E-state index contributed by atoms with van der Waals surface area (Å²) in [4.78, 5) is 10.7. The third kappa shape index (κ3) is 5.74. The van der Waals surface area contributed by atoms with Crippen molar-refractivity contribution in [3.63, 3.8) is 0 Å². The van der Waals surface area contributed by atoms with Gasteiger partial charge in [-0.05, 0) is 43.0 Å². The van der Waals surface area contributed by atoms with Crippen LogP contribution in [0.3, 0.4) is 0 Å². The average molecular weight is 409 g/mol. The first-order valence-corrected chi connectivity index (χ1v) is 9.87. The molecule has 146 valence electrons. The Morgan fingerprint density at radius 3 is 2.70 bits per heavy atom. The molecule has 8 heteroatoms. The topological polar surface area (TPSA) is 80.1 Å². The first-order chi connectivity index (χ1) is 12.7. The van der Waals surface area contributed by atoms with Crippen LogP contribution in [0.2, 0.25) is 5.02 Å². The molecule has 0 atom stereocenters. The Bertz CT molecular complexity index is 849. The molecule has 0 bridgehead atoms. The third-order valence-electron chi connectivity index (χ3n) is 3.81. The molecule has 0 amide bonds. The summed E-state index contributed by atoms with van der Waals surface area (Å²) in [6.45, 7) is 12.6. The molecule has 0 saturated heterocycles. The number of hydrogen-bond acceptors (Lipinski definition) is 6. The number of aromatic nitrogens is 3. The molecule has 0 fully saturated rings. The number of thioether (sulfide) groups is 1. The summed E-state index contributed by atoms with van der Waals surface area (Å²) < 4.78 is 7.85. The Morgan fingerprint density at radius 2 is 2.11 bits per heavy atom. The third-order valence-corrected chi connectivity index (χ3v) is 5.16. The molecular weight excluding hydrogens is 386 g/mol. The van der Waals surface area contributed by atoms with Crippen LogP contribution in [0.4, 0.5) is 0 Å². The van der Waals surface area contributed by atoms with Gasteiger partial charge in [0.25, 0.3) is 0 Å². The largest absolute Gasteiger partial charge is 0.549 e. The van der Waals surface area contributed by atoms with E-state index in [0.29, 0.717) is 22.5 Å². The van der Waals surface area contributed by atoms with Crippen LogP contribution in [0, 0.1) is 6.92 Å².